The van der Waals surface area contributed by atoms with Crippen LogP contribution >= 0.6 is 11.6 Å². The van der Waals surface area contributed by atoms with Gasteiger partial charge in [-0.1, -0.05) is 11.6 Å². The Bertz CT molecular complexity index is 1370. The number of imidazole rings is 1. The second-order valence-electron chi connectivity index (χ2n) is 11.6. The van der Waals surface area contributed by atoms with Gasteiger partial charge in [0.2, 0.25) is 5.88 Å². The molecule has 2 aliphatic carbocycles. The Hall–Kier alpha value is -2.95. The first kappa shape index (κ1) is 27.6. The fourth-order valence-corrected chi connectivity index (χ4v) is 6.39. The minimum atomic E-state index is -1.02. The zero-order chi connectivity index (χ0) is 28.1. The molecule has 2 fully saturated rings. The van der Waals surface area contributed by atoms with Crippen LogP contribution in [0.5, 0.6) is 5.88 Å². The highest BCUT2D eigenvalue weighted by atomic mass is 35.5. The van der Waals surface area contributed by atoms with Crippen molar-refractivity contribution in [3.05, 3.63) is 58.5 Å². The first-order chi connectivity index (χ1) is 18.4. The minimum absolute atomic E-state index is 0.0607. The van der Waals surface area contributed by atoms with Crippen LogP contribution in [0.4, 0.5) is 10.1 Å². The summed E-state index contributed by atoms with van der Waals surface area (Å²) in [5.74, 6) is 0.151. The summed E-state index contributed by atoms with van der Waals surface area (Å²) < 4.78 is 22.7. The molecule has 3 N–H and O–H groups in total. The topological polar surface area (TPSA) is 114 Å². The predicted octanol–water partition coefficient (Wildman–Crippen LogP) is 4.62. The van der Waals surface area contributed by atoms with E-state index in [1.54, 1.807) is 42.5 Å². The number of fused-ring (bicyclic) bond motifs is 1. The van der Waals surface area contributed by atoms with E-state index in [9.17, 15) is 19.4 Å². The van der Waals surface area contributed by atoms with Gasteiger partial charge in [-0.3, -0.25) is 9.48 Å². The molecule has 5 rings (SSSR count). The molecule has 0 saturated heterocycles. The lowest BCUT2D eigenvalue weighted by molar-refractivity contribution is 0.0254. The van der Waals surface area contributed by atoms with E-state index in [0.717, 1.165) is 24.2 Å². The van der Waals surface area contributed by atoms with Gasteiger partial charge in [0.05, 0.1) is 28.3 Å². The van der Waals surface area contributed by atoms with Gasteiger partial charge >= 0.3 is 0 Å². The van der Waals surface area contributed by atoms with E-state index in [0.29, 0.717) is 36.6 Å². The molecule has 210 valence electrons. The average molecular weight is 560 g/mol. The lowest BCUT2D eigenvalue weighted by Gasteiger charge is -2.25. The highest BCUT2D eigenvalue weighted by molar-refractivity contribution is 6.31. The molecule has 2 aliphatic rings. The van der Waals surface area contributed by atoms with E-state index in [4.69, 9.17) is 16.3 Å². The van der Waals surface area contributed by atoms with Gasteiger partial charge in [-0.05, 0) is 76.5 Å². The Balaban J connectivity index is 1.29. The molecule has 11 heteroatoms. The summed E-state index contributed by atoms with van der Waals surface area (Å²) in [6, 6.07) is 5.86. The maximum Gasteiger partial charge on any atom is 0.274 e. The minimum Gasteiger partial charge on any atom is -0.474 e. The van der Waals surface area contributed by atoms with Crippen molar-refractivity contribution in [2.24, 2.45) is 18.9 Å². The lowest BCUT2D eigenvalue weighted by Crippen LogP contribution is -2.28. The summed E-state index contributed by atoms with van der Waals surface area (Å²) in [4.78, 5) is 17.8. The van der Waals surface area contributed by atoms with Crippen molar-refractivity contribution in [3.63, 3.8) is 0 Å². The summed E-state index contributed by atoms with van der Waals surface area (Å²) in [5, 5.41) is 29.0. The molecule has 1 aromatic carbocycles. The van der Waals surface area contributed by atoms with Gasteiger partial charge < -0.3 is 24.8 Å². The molecule has 39 heavy (non-hydrogen) atoms. The van der Waals surface area contributed by atoms with Crippen LogP contribution in [0.25, 0.3) is 0 Å². The van der Waals surface area contributed by atoms with Gasteiger partial charge in [-0.15, -0.1) is 5.10 Å². The smallest absolute Gasteiger partial charge is 0.274 e. The SMILES string of the molecule is CCn1nc(OCC(C)(C)O)cc1C1(O)CC2CC(c3ncn(C)c3C(=O)Nc3ccc(F)c(Cl)c3)CC2C1. The lowest BCUT2D eigenvalue weighted by atomic mass is 9.90. The van der Waals surface area contributed by atoms with Crippen LogP contribution < -0.4 is 10.1 Å². The number of rotatable bonds is 8. The Morgan fingerprint density at radius 2 is 1.97 bits per heavy atom. The van der Waals surface area contributed by atoms with Crippen LogP contribution in [-0.4, -0.2) is 47.7 Å². The Morgan fingerprint density at radius 1 is 1.28 bits per heavy atom. The van der Waals surface area contributed by atoms with E-state index in [-0.39, 0.29) is 35.3 Å². The summed E-state index contributed by atoms with van der Waals surface area (Å²) in [7, 11) is 1.78. The number of carbonyl (C=O) groups is 1. The van der Waals surface area contributed by atoms with E-state index >= 15 is 0 Å². The van der Waals surface area contributed by atoms with Crippen LogP contribution in [0, 0.1) is 17.7 Å². The number of hydrogen-bond acceptors (Lipinski definition) is 6. The monoisotopic (exact) mass is 559 g/mol. The van der Waals surface area contributed by atoms with Crippen LogP contribution in [-0.2, 0) is 19.2 Å². The molecule has 2 saturated carbocycles. The molecule has 2 atom stereocenters. The number of halogens is 2. The molecular formula is C28H35ClFN5O4. The van der Waals surface area contributed by atoms with Gasteiger partial charge in [-0.2, -0.15) is 0 Å². The molecule has 2 unspecified atom stereocenters. The summed E-state index contributed by atoms with van der Waals surface area (Å²) in [5.41, 5.74) is 0.337. The Kier molecular flexibility index (Phi) is 7.24. The van der Waals surface area contributed by atoms with Gasteiger partial charge in [0.1, 0.15) is 23.7 Å². The van der Waals surface area contributed by atoms with Crippen molar-refractivity contribution < 1.29 is 24.1 Å². The van der Waals surface area contributed by atoms with Gasteiger partial charge in [0.15, 0.2) is 0 Å². The molecule has 0 spiro atoms. The van der Waals surface area contributed by atoms with E-state index in [2.05, 4.69) is 15.4 Å². The number of anilines is 1. The predicted molar refractivity (Wildman–Crippen MR) is 144 cm³/mol. The zero-order valence-electron chi connectivity index (χ0n) is 22.6. The normalized spacial score (nSPS) is 24.7. The number of aromatic nitrogens is 4. The molecule has 2 heterocycles. The van der Waals surface area contributed by atoms with Gasteiger partial charge in [-0.25, -0.2) is 9.37 Å². The maximum atomic E-state index is 13.5. The van der Waals surface area contributed by atoms with Crippen molar-refractivity contribution in [3.8, 4) is 5.88 Å². The van der Waals surface area contributed by atoms with E-state index in [1.807, 2.05) is 6.92 Å². The van der Waals surface area contributed by atoms with Crippen LogP contribution in [0.1, 0.15) is 74.2 Å². The fourth-order valence-electron chi connectivity index (χ4n) is 6.21. The number of ether oxygens (including phenoxy) is 1. The maximum absolute atomic E-state index is 13.5. The Labute approximate surface area is 232 Å². The molecule has 1 amide bonds. The van der Waals surface area contributed by atoms with Crippen molar-refractivity contribution in [2.45, 2.75) is 70.1 Å². The third-order valence-electron chi connectivity index (χ3n) is 7.89. The molecule has 0 radical (unpaired) electrons. The summed E-state index contributed by atoms with van der Waals surface area (Å²) >= 11 is 5.88. The highest BCUT2D eigenvalue weighted by Crippen LogP contribution is 2.57. The number of aryl methyl sites for hydroxylation is 2. The number of aliphatic hydroxyl groups is 2. The van der Waals surface area contributed by atoms with E-state index < -0.39 is 17.0 Å². The third kappa shape index (κ3) is 5.55. The fraction of sp³-hybridized carbons (Fsp3) is 0.536. The van der Waals surface area contributed by atoms with E-state index in [1.165, 1.54) is 18.2 Å². The number of carbonyl (C=O) groups excluding carboxylic acids is 1. The number of amides is 1. The molecular weight excluding hydrogens is 525 g/mol. The number of nitrogens with one attached hydrogen (secondary N) is 1. The number of benzene rings is 1. The van der Waals surface area contributed by atoms with Gasteiger partial charge in [0, 0.05) is 31.3 Å². The number of nitrogens with zero attached hydrogens (tertiary/aromatic N) is 4. The summed E-state index contributed by atoms with van der Waals surface area (Å²) in [6.07, 6.45) is 4.45. The van der Waals surface area contributed by atoms with Crippen molar-refractivity contribution in [2.75, 3.05) is 11.9 Å². The molecule has 0 aliphatic heterocycles. The second kappa shape index (κ2) is 10.2. The second-order valence-corrected chi connectivity index (χ2v) is 12.0. The van der Waals surface area contributed by atoms with Crippen LogP contribution in [0.3, 0.4) is 0 Å². The first-order valence-electron chi connectivity index (χ1n) is 13.3. The van der Waals surface area contributed by atoms with Crippen molar-refractivity contribution in [1.82, 2.24) is 19.3 Å². The molecule has 9 nitrogen and oxygen atoms in total. The van der Waals surface area contributed by atoms with Crippen LogP contribution in [0.15, 0.2) is 30.6 Å². The zero-order valence-corrected chi connectivity index (χ0v) is 23.4. The molecule has 3 aromatic rings. The first-order valence-corrected chi connectivity index (χ1v) is 13.7. The van der Waals surface area contributed by atoms with Gasteiger partial charge in [0.25, 0.3) is 5.91 Å². The average Bonchev–Trinajstić information content (AvgIpc) is 3.61. The standard InChI is InChI=1S/C28H35ClFN5O4/c1-5-35-22(11-23(33-35)39-14-27(2,3)37)28(38)12-17-8-16(9-18(17)13-28)24-25(34(4)15-31-24)26(36)32-19-6-7-21(30)20(29)10-19/h6-7,10-11,15-18,37-38H,5,8-9,12-14H2,1-4H3,(H,32,36). The summed E-state index contributed by atoms with van der Waals surface area (Å²) in [6.45, 7) is 6.00. The van der Waals surface area contributed by atoms with Crippen molar-refractivity contribution in [1.29, 1.82) is 0 Å². The molecule has 2 aromatic heterocycles. The Morgan fingerprint density at radius 3 is 2.59 bits per heavy atom. The molecule has 0 bridgehead atoms. The van der Waals surface area contributed by atoms with Crippen molar-refractivity contribution >= 4 is 23.2 Å². The largest absolute Gasteiger partial charge is 0.474 e. The highest BCUT2D eigenvalue weighted by Gasteiger charge is 2.52. The quantitative estimate of drug-likeness (QED) is 0.371. The van der Waals surface area contributed by atoms with Crippen LogP contribution in [0.2, 0.25) is 5.02 Å². The number of hydrogen-bond donors (Lipinski definition) is 3. The third-order valence-corrected chi connectivity index (χ3v) is 8.18.